The molecule has 0 saturated heterocycles. The number of carboxylic acids is 1. The summed E-state index contributed by atoms with van der Waals surface area (Å²) in [6, 6.07) is 15.0. The lowest BCUT2D eigenvalue weighted by Crippen LogP contribution is -2.17. The Morgan fingerprint density at radius 2 is 1.78 bits per heavy atom. The third kappa shape index (κ3) is 6.53. The van der Waals surface area contributed by atoms with Gasteiger partial charge in [0.25, 0.3) is 0 Å². The number of hydrogen-bond donors (Lipinski definition) is 1. The number of hydrogen-bond acceptors (Lipinski definition) is 5. The van der Waals surface area contributed by atoms with Crippen LogP contribution in [0.3, 0.4) is 0 Å². The Bertz CT molecular complexity index is 1320. The van der Waals surface area contributed by atoms with Crippen LogP contribution in [-0.2, 0) is 11.3 Å². The molecule has 0 saturated carbocycles. The van der Waals surface area contributed by atoms with Crippen molar-refractivity contribution < 1.29 is 32.5 Å². The van der Waals surface area contributed by atoms with Crippen LogP contribution >= 0.6 is 0 Å². The summed E-state index contributed by atoms with van der Waals surface area (Å²) in [4.78, 5) is 19.5. The van der Waals surface area contributed by atoms with Gasteiger partial charge in [0.1, 0.15) is 22.8 Å². The Morgan fingerprint density at radius 3 is 2.53 bits per heavy atom. The summed E-state index contributed by atoms with van der Waals surface area (Å²) in [6.45, 7) is 0.866. The Morgan fingerprint density at radius 1 is 1.00 bits per heavy atom. The zero-order chi connectivity index (χ0) is 25.5. The van der Waals surface area contributed by atoms with E-state index in [0.29, 0.717) is 42.2 Å². The van der Waals surface area contributed by atoms with Crippen molar-refractivity contribution in [3.8, 4) is 22.9 Å². The molecule has 4 rings (SSSR count). The van der Waals surface area contributed by atoms with Crippen molar-refractivity contribution in [3.05, 3.63) is 72.6 Å². The van der Waals surface area contributed by atoms with Gasteiger partial charge in [-0.3, -0.25) is 9.78 Å². The summed E-state index contributed by atoms with van der Waals surface area (Å²) in [7, 11) is 0. The number of aliphatic carboxylic acids is 1. The van der Waals surface area contributed by atoms with Crippen LogP contribution in [0.1, 0.15) is 31.2 Å². The van der Waals surface area contributed by atoms with Gasteiger partial charge in [-0.15, -0.1) is 13.2 Å². The number of aromatic nitrogens is 3. The van der Waals surface area contributed by atoms with Gasteiger partial charge in [0.15, 0.2) is 0 Å². The lowest BCUT2D eigenvalue weighted by molar-refractivity contribution is -0.274. The van der Waals surface area contributed by atoms with Crippen LogP contribution in [0.15, 0.2) is 67.0 Å². The van der Waals surface area contributed by atoms with Crippen LogP contribution in [0.25, 0.3) is 22.4 Å². The van der Waals surface area contributed by atoms with E-state index in [1.807, 2.05) is 34.9 Å². The van der Waals surface area contributed by atoms with Gasteiger partial charge in [-0.05, 0) is 55.7 Å². The highest BCUT2D eigenvalue weighted by molar-refractivity contribution is 5.80. The lowest BCUT2D eigenvalue weighted by Gasteiger charge is -2.15. The van der Waals surface area contributed by atoms with E-state index >= 15 is 0 Å². The maximum Gasteiger partial charge on any atom is 0.573 e. The normalized spacial score (nSPS) is 11.5. The summed E-state index contributed by atoms with van der Waals surface area (Å²) in [6.07, 6.45) is 0.766. The maximum absolute atomic E-state index is 12.5. The highest BCUT2D eigenvalue weighted by atomic mass is 19.4. The average molecular weight is 499 g/mol. The van der Waals surface area contributed by atoms with Gasteiger partial charge in [-0.1, -0.05) is 18.2 Å². The van der Waals surface area contributed by atoms with Crippen LogP contribution in [0.5, 0.6) is 11.5 Å². The molecule has 1 N–H and O–H groups in total. The number of para-hydroxylation sites is 1. The minimum absolute atomic E-state index is 0.144. The van der Waals surface area contributed by atoms with Gasteiger partial charge in [0.05, 0.1) is 24.9 Å². The highest BCUT2D eigenvalue weighted by Crippen LogP contribution is 2.30. The molecule has 7 nitrogen and oxygen atoms in total. The number of alkyl halides is 3. The number of halogens is 3. The van der Waals surface area contributed by atoms with E-state index in [-0.39, 0.29) is 12.2 Å². The Labute approximate surface area is 205 Å². The molecule has 2 aromatic carbocycles. The second-order valence-electron chi connectivity index (χ2n) is 8.12. The number of carbonyl (C=O) groups is 1. The van der Waals surface area contributed by atoms with E-state index < -0.39 is 12.3 Å². The van der Waals surface area contributed by atoms with Gasteiger partial charge in [0.2, 0.25) is 0 Å². The van der Waals surface area contributed by atoms with Crippen LogP contribution in [0, 0.1) is 0 Å². The molecule has 0 aliphatic rings. The molecule has 188 valence electrons. The van der Waals surface area contributed by atoms with Gasteiger partial charge in [-0.2, -0.15) is 0 Å². The second kappa shape index (κ2) is 11.1. The number of ether oxygens (including phenoxy) is 2. The molecule has 0 amide bonds. The first-order valence-electron chi connectivity index (χ1n) is 11.4. The molecular weight excluding hydrogens is 475 g/mol. The highest BCUT2D eigenvalue weighted by Gasteiger charge is 2.31. The smallest absolute Gasteiger partial charge is 0.493 e. The van der Waals surface area contributed by atoms with E-state index in [4.69, 9.17) is 9.84 Å². The average Bonchev–Trinajstić information content (AvgIpc) is 3.20. The van der Waals surface area contributed by atoms with Crippen molar-refractivity contribution in [3.63, 3.8) is 0 Å². The number of nitrogens with zero attached hydrogens (tertiary/aromatic N) is 3. The molecule has 0 radical (unpaired) electrons. The number of fused-ring (bicyclic) bond motifs is 1. The first-order chi connectivity index (χ1) is 17.3. The first-order valence-corrected chi connectivity index (χ1v) is 11.4. The van der Waals surface area contributed by atoms with E-state index in [9.17, 15) is 18.0 Å². The molecule has 4 aromatic rings. The summed E-state index contributed by atoms with van der Waals surface area (Å²) in [5.74, 6) is 0.159. The van der Waals surface area contributed by atoms with E-state index in [0.717, 1.165) is 23.9 Å². The van der Waals surface area contributed by atoms with Crippen LogP contribution in [0.2, 0.25) is 0 Å². The van der Waals surface area contributed by atoms with Gasteiger partial charge in [-0.25, -0.2) is 4.98 Å². The molecule has 0 spiro atoms. The Balaban J connectivity index is 1.57. The summed E-state index contributed by atoms with van der Waals surface area (Å²) in [5.41, 5.74) is 2.99. The van der Waals surface area contributed by atoms with E-state index in [1.165, 1.54) is 24.3 Å². The number of carboxylic acid groups (broad SMARTS) is 1. The largest absolute Gasteiger partial charge is 0.573 e. The quantitative estimate of drug-likeness (QED) is 0.252. The van der Waals surface area contributed by atoms with Crippen molar-refractivity contribution >= 4 is 17.0 Å². The molecule has 2 aromatic heterocycles. The van der Waals surface area contributed by atoms with Crippen molar-refractivity contribution in [2.24, 2.45) is 0 Å². The molecule has 0 unspecified atom stereocenters. The zero-order valence-electron chi connectivity index (χ0n) is 19.2. The Kier molecular flexibility index (Phi) is 7.72. The monoisotopic (exact) mass is 499 g/mol. The van der Waals surface area contributed by atoms with E-state index in [2.05, 4.69) is 14.7 Å². The molecular formula is C26H24F3N3O4. The second-order valence-corrected chi connectivity index (χ2v) is 8.12. The molecule has 2 heterocycles. The fourth-order valence-corrected chi connectivity index (χ4v) is 3.85. The standard InChI is InChI=1S/C26H24F3N3O4/c27-26(28,29)36-20-11-9-18(10-12-20)25-31-21-16-30-14-13-22(21)32(25)17-19-6-3-4-7-23(19)35-15-5-1-2-8-24(33)34/h3-4,6-7,9-14,16H,1-2,5,8,15,17H2,(H,33,34). The van der Waals surface area contributed by atoms with Crippen LogP contribution < -0.4 is 9.47 Å². The number of benzene rings is 2. The predicted octanol–water partition coefficient (Wildman–Crippen LogP) is 6.07. The molecule has 0 aliphatic heterocycles. The van der Waals surface area contributed by atoms with Crippen molar-refractivity contribution in [2.75, 3.05) is 6.61 Å². The number of rotatable bonds is 11. The van der Waals surface area contributed by atoms with Gasteiger partial charge in [0, 0.05) is 23.7 Å². The topological polar surface area (TPSA) is 86.5 Å². The number of imidazole rings is 1. The van der Waals surface area contributed by atoms with Crippen molar-refractivity contribution in [1.29, 1.82) is 0 Å². The molecule has 36 heavy (non-hydrogen) atoms. The molecule has 0 aliphatic carbocycles. The summed E-state index contributed by atoms with van der Waals surface area (Å²) >= 11 is 0. The fraction of sp³-hybridized carbons (Fsp3) is 0.269. The van der Waals surface area contributed by atoms with Crippen LogP contribution in [-0.4, -0.2) is 38.6 Å². The predicted molar refractivity (Wildman–Crippen MR) is 127 cm³/mol. The van der Waals surface area contributed by atoms with Crippen LogP contribution in [0.4, 0.5) is 13.2 Å². The summed E-state index contributed by atoms with van der Waals surface area (Å²) < 4.78 is 49.6. The Hall–Kier alpha value is -4.08. The zero-order valence-corrected chi connectivity index (χ0v) is 19.2. The minimum atomic E-state index is -4.76. The fourth-order valence-electron chi connectivity index (χ4n) is 3.85. The SMILES string of the molecule is O=C(O)CCCCCOc1ccccc1Cn1c(-c2ccc(OC(F)(F)F)cc2)nc2cnccc21. The minimum Gasteiger partial charge on any atom is -0.493 e. The number of unbranched alkanes of at least 4 members (excludes halogenated alkanes) is 2. The lowest BCUT2D eigenvalue weighted by atomic mass is 10.1. The maximum atomic E-state index is 12.5. The van der Waals surface area contributed by atoms with Gasteiger partial charge < -0.3 is 19.1 Å². The molecule has 0 bridgehead atoms. The first kappa shape index (κ1) is 25.0. The molecule has 10 heteroatoms. The van der Waals surface area contributed by atoms with Crippen molar-refractivity contribution in [1.82, 2.24) is 14.5 Å². The third-order valence-electron chi connectivity index (χ3n) is 5.49. The summed E-state index contributed by atoms with van der Waals surface area (Å²) in [5, 5.41) is 8.75. The van der Waals surface area contributed by atoms with Crippen molar-refractivity contribution in [2.45, 2.75) is 38.6 Å². The van der Waals surface area contributed by atoms with E-state index in [1.54, 1.807) is 12.4 Å². The van der Waals surface area contributed by atoms with Gasteiger partial charge >= 0.3 is 12.3 Å². The molecule has 0 atom stereocenters. The molecule has 0 fully saturated rings. The number of pyridine rings is 1. The third-order valence-corrected chi connectivity index (χ3v) is 5.49.